The SMILES string of the molecule is O=C(O)c1ccc(Oc2cccc(Br)c2)nc1. The van der Waals surface area contributed by atoms with Gasteiger partial charge in [-0.15, -0.1) is 0 Å². The maximum absolute atomic E-state index is 10.6. The van der Waals surface area contributed by atoms with Crippen molar-refractivity contribution in [3.05, 3.63) is 52.6 Å². The molecule has 0 aliphatic carbocycles. The Morgan fingerprint density at radius 2 is 2.12 bits per heavy atom. The summed E-state index contributed by atoms with van der Waals surface area (Å²) >= 11 is 3.33. The summed E-state index contributed by atoms with van der Waals surface area (Å²) in [5.41, 5.74) is 0.131. The highest BCUT2D eigenvalue weighted by molar-refractivity contribution is 9.10. The van der Waals surface area contributed by atoms with Gasteiger partial charge in [-0.25, -0.2) is 9.78 Å². The van der Waals surface area contributed by atoms with Crippen LogP contribution in [0.3, 0.4) is 0 Å². The minimum Gasteiger partial charge on any atom is -0.478 e. The van der Waals surface area contributed by atoms with Gasteiger partial charge in [0.2, 0.25) is 5.88 Å². The lowest BCUT2D eigenvalue weighted by Gasteiger charge is -2.04. The van der Waals surface area contributed by atoms with Crippen molar-refractivity contribution in [3.63, 3.8) is 0 Å². The van der Waals surface area contributed by atoms with Crippen LogP contribution < -0.4 is 4.74 Å². The molecule has 0 saturated carbocycles. The number of pyridine rings is 1. The molecule has 1 aromatic carbocycles. The van der Waals surface area contributed by atoms with E-state index in [1.807, 2.05) is 12.1 Å². The van der Waals surface area contributed by atoms with E-state index in [2.05, 4.69) is 20.9 Å². The molecular weight excluding hydrogens is 286 g/mol. The van der Waals surface area contributed by atoms with E-state index in [9.17, 15) is 4.79 Å². The molecule has 0 atom stereocenters. The van der Waals surface area contributed by atoms with E-state index in [1.165, 1.54) is 18.3 Å². The lowest BCUT2D eigenvalue weighted by molar-refractivity contribution is 0.0696. The number of nitrogens with zero attached hydrogens (tertiary/aromatic N) is 1. The zero-order chi connectivity index (χ0) is 12.3. The van der Waals surface area contributed by atoms with Crippen LogP contribution >= 0.6 is 15.9 Å². The standard InChI is InChI=1S/C12H8BrNO3/c13-9-2-1-3-10(6-9)17-11-5-4-8(7-14-11)12(15)16/h1-7H,(H,15,16). The molecule has 0 aliphatic heterocycles. The first kappa shape index (κ1) is 11.6. The average molecular weight is 294 g/mol. The lowest BCUT2D eigenvalue weighted by atomic mass is 10.3. The van der Waals surface area contributed by atoms with Crippen molar-refractivity contribution in [2.24, 2.45) is 0 Å². The van der Waals surface area contributed by atoms with Gasteiger partial charge in [0.1, 0.15) is 5.75 Å². The minimum atomic E-state index is -1.01. The van der Waals surface area contributed by atoms with Crippen molar-refractivity contribution in [2.45, 2.75) is 0 Å². The average Bonchev–Trinajstić information content (AvgIpc) is 2.29. The first-order chi connectivity index (χ1) is 8.15. The van der Waals surface area contributed by atoms with Gasteiger partial charge in [-0.3, -0.25) is 0 Å². The van der Waals surface area contributed by atoms with Crippen molar-refractivity contribution in [1.29, 1.82) is 0 Å². The fourth-order valence-electron chi connectivity index (χ4n) is 1.22. The number of carboxylic acid groups (broad SMARTS) is 1. The van der Waals surface area contributed by atoms with Crippen LogP contribution in [-0.2, 0) is 0 Å². The molecule has 0 saturated heterocycles. The quantitative estimate of drug-likeness (QED) is 0.943. The summed E-state index contributed by atoms with van der Waals surface area (Å²) in [6.07, 6.45) is 1.26. The van der Waals surface area contributed by atoms with Crippen molar-refractivity contribution in [3.8, 4) is 11.6 Å². The van der Waals surface area contributed by atoms with E-state index < -0.39 is 5.97 Å². The molecule has 1 aromatic heterocycles. The van der Waals surface area contributed by atoms with Crippen LogP contribution in [0.5, 0.6) is 11.6 Å². The molecule has 1 heterocycles. The lowest BCUT2D eigenvalue weighted by Crippen LogP contribution is -1.97. The number of hydrogen-bond acceptors (Lipinski definition) is 3. The maximum atomic E-state index is 10.6. The van der Waals surface area contributed by atoms with Gasteiger partial charge in [0.05, 0.1) is 5.56 Å². The Labute approximate surface area is 106 Å². The van der Waals surface area contributed by atoms with Crippen molar-refractivity contribution in [1.82, 2.24) is 4.98 Å². The third kappa shape index (κ3) is 3.04. The van der Waals surface area contributed by atoms with Gasteiger partial charge in [-0.1, -0.05) is 22.0 Å². The molecule has 1 N–H and O–H groups in total. The highest BCUT2D eigenvalue weighted by Crippen LogP contribution is 2.22. The predicted molar refractivity (Wildman–Crippen MR) is 65.4 cm³/mol. The maximum Gasteiger partial charge on any atom is 0.337 e. The summed E-state index contributed by atoms with van der Waals surface area (Å²) in [6, 6.07) is 10.3. The molecule has 5 heteroatoms. The highest BCUT2D eigenvalue weighted by Gasteiger charge is 2.04. The Hall–Kier alpha value is -1.88. The largest absolute Gasteiger partial charge is 0.478 e. The number of hydrogen-bond donors (Lipinski definition) is 1. The number of benzene rings is 1. The van der Waals surface area contributed by atoms with E-state index in [4.69, 9.17) is 9.84 Å². The van der Waals surface area contributed by atoms with E-state index in [0.29, 0.717) is 11.6 Å². The summed E-state index contributed by atoms with van der Waals surface area (Å²) in [5.74, 6) is -0.0189. The molecule has 0 aliphatic rings. The molecule has 0 unspecified atom stereocenters. The second-order valence-electron chi connectivity index (χ2n) is 3.25. The van der Waals surface area contributed by atoms with Crippen molar-refractivity contribution < 1.29 is 14.6 Å². The van der Waals surface area contributed by atoms with Gasteiger partial charge in [-0.2, -0.15) is 0 Å². The van der Waals surface area contributed by atoms with Crippen LogP contribution in [0.25, 0.3) is 0 Å². The monoisotopic (exact) mass is 293 g/mol. The Bertz CT molecular complexity index is 540. The molecule has 2 rings (SSSR count). The molecule has 0 amide bonds. The molecule has 86 valence electrons. The molecule has 0 bridgehead atoms. The van der Waals surface area contributed by atoms with Gasteiger partial charge in [0, 0.05) is 16.7 Å². The van der Waals surface area contributed by atoms with Gasteiger partial charge < -0.3 is 9.84 Å². The van der Waals surface area contributed by atoms with E-state index in [1.54, 1.807) is 12.1 Å². The summed E-state index contributed by atoms with van der Waals surface area (Å²) in [4.78, 5) is 14.5. The van der Waals surface area contributed by atoms with E-state index in [0.717, 1.165) is 4.47 Å². The number of carboxylic acids is 1. The minimum absolute atomic E-state index is 0.131. The van der Waals surface area contributed by atoms with Gasteiger partial charge in [0.15, 0.2) is 0 Å². The van der Waals surface area contributed by atoms with Crippen LogP contribution in [0, 0.1) is 0 Å². The zero-order valence-corrected chi connectivity index (χ0v) is 10.2. The zero-order valence-electron chi connectivity index (χ0n) is 8.63. The van der Waals surface area contributed by atoms with Crippen LogP contribution in [0.2, 0.25) is 0 Å². The van der Waals surface area contributed by atoms with Crippen LogP contribution in [0.15, 0.2) is 47.1 Å². The van der Waals surface area contributed by atoms with E-state index in [-0.39, 0.29) is 5.56 Å². The molecule has 17 heavy (non-hydrogen) atoms. The van der Waals surface area contributed by atoms with Crippen LogP contribution in [0.4, 0.5) is 0 Å². The first-order valence-electron chi connectivity index (χ1n) is 4.78. The summed E-state index contributed by atoms with van der Waals surface area (Å²) < 4.78 is 6.36. The summed E-state index contributed by atoms with van der Waals surface area (Å²) in [5, 5.41) is 8.71. The Morgan fingerprint density at radius 1 is 1.29 bits per heavy atom. The first-order valence-corrected chi connectivity index (χ1v) is 5.57. The fourth-order valence-corrected chi connectivity index (χ4v) is 1.60. The third-order valence-corrected chi connectivity index (χ3v) is 2.50. The summed E-state index contributed by atoms with van der Waals surface area (Å²) in [7, 11) is 0. The second kappa shape index (κ2) is 4.97. The molecular formula is C12H8BrNO3. The predicted octanol–water partition coefficient (Wildman–Crippen LogP) is 3.33. The highest BCUT2D eigenvalue weighted by atomic mass is 79.9. The number of aromatic carboxylic acids is 1. The van der Waals surface area contributed by atoms with Crippen LogP contribution in [-0.4, -0.2) is 16.1 Å². The second-order valence-corrected chi connectivity index (χ2v) is 4.17. The van der Waals surface area contributed by atoms with E-state index >= 15 is 0 Å². The molecule has 0 fully saturated rings. The summed E-state index contributed by atoms with van der Waals surface area (Å²) in [6.45, 7) is 0. The Balaban J connectivity index is 2.16. The van der Waals surface area contributed by atoms with Crippen molar-refractivity contribution >= 4 is 21.9 Å². The number of rotatable bonds is 3. The van der Waals surface area contributed by atoms with Gasteiger partial charge in [-0.05, 0) is 24.3 Å². The Kier molecular flexibility index (Phi) is 3.39. The smallest absolute Gasteiger partial charge is 0.337 e. The number of carbonyl (C=O) groups is 1. The van der Waals surface area contributed by atoms with Gasteiger partial charge in [0.25, 0.3) is 0 Å². The number of ether oxygens (including phenoxy) is 1. The van der Waals surface area contributed by atoms with Crippen molar-refractivity contribution in [2.75, 3.05) is 0 Å². The molecule has 4 nitrogen and oxygen atoms in total. The molecule has 0 radical (unpaired) electrons. The Morgan fingerprint density at radius 3 is 2.71 bits per heavy atom. The topological polar surface area (TPSA) is 59.4 Å². The fraction of sp³-hybridized carbons (Fsp3) is 0. The van der Waals surface area contributed by atoms with Crippen LogP contribution in [0.1, 0.15) is 10.4 Å². The number of halogens is 1. The number of aromatic nitrogens is 1. The molecule has 2 aromatic rings. The normalized spacial score (nSPS) is 9.94. The molecule has 0 spiro atoms. The van der Waals surface area contributed by atoms with Gasteiger partial charge >= 0.3 is 5.97 Å². The third-order valence-electron chi connectivity index (χ3n) is 2.00.